The Kier molecular flexibility index (Phi) is 5.16. The van der Waals surface area contributed by atoms with Crippen LogP contribution in [0.3, 0.4) is 0 Å². The van der Waals surface area contributed by atoms with Crippen LogP contribution in [-0.4, -0.2) is 29.6 Å². The van der Waals surface area contributed by atoms with Gasteiger partial charge in [-0.05, 0) is 18.5 Å². The highest BCUT2D eigenvalue weighted by atomic mass is 16.4. The smallest absolute Gasteiger partial charge is 0.321 e. The van der Waals surface area contributed by atoms with Crippen molar-refractivity contribution in [1.82, 2.24) is 5.32 Å². The molecule has 0 aliphatic rings. The zero-order valence-corrected chi connectivity index (χ0v) is 9.43. The Labute approximate surface area is 99.6 Å². The van der Waals surface area contributed by atoms with E-state index in [1.54, 1.807) is 0 Å². The quantitative estimate of drug-likeness (QED) is 0.628. The monoisotopic (exact) mass is 236 g/mol. The third kappa shape index (κ3) is 5.12. The maximum absolute atomic E-state index is 10.8. The lowest BCUT2D eigenvalue weighted by Crippen LogP contribution is -2.40. The van der Waals surface area contributed by atoms with Gasteiger partial charge in [0.1, 0.15) is 6.04 Å². The number of carbonyl (C=O) groups is 2. The standard InChI is InChI=1S/C12H16N2O3/c13-11(15)8-10(12(16)17)14-7-6-9-4-2-1-3-5-9/h1-5,10,14H,6-8H2,(H2,13,15)(H,16,17)/t10-/m0/s1. The minimum atomic E-state index is -1.06. The third-order valence-corrected chi connectivity index (χ3v) is 2.35. The minimum absolute atomic E-state index is 0.190. The lowest BCUT2D eigenvalue weighted by molar-refractivity contribution is -0.141. The molecule has 0 unspecified atom stereocenters. The molecule has 0 heterocycles. The third-order valence-electron chi connectivity index (χ3n) is 2.35. The molecule has 0 saturated heterocycles. The molecule has 1 aromatic carbocycles. The van der Waals surface area contributed by atoms with Gasteiger partial charge in [0.05, 0.1) is 6.42 Å². The summed E-state index contributed by atoms with van der Waals surface area (Å²) in [6.45, 7) is 0.494. The molecule has 1 rings (SSSR count). The summed E-state index contributed by atoms with van der Waals surface area (Å²) in [7, 11) is 0. The van der Waals surface area contributed by atoms with Crippen molar-refractivity contribution in [2.45, 2.75) is 18.9 Å². The number of primary amides is 1. The molecule has 1 aromatic rings. The van der Waals surface area contributed by atoms with E-state index in [9.17, 15) is 9.59 Å². The highest BCUT2D eigenvalue weighted by Gasteiger charge is 2.18. The van der Waals surface area contributed by atoms with Crippen molar-refractivity contribution in [3.63, 3.8) is 0 Å². The van der Waals surface area contributed by atoms with E-state index >= 15 is 0 Å². The molecular weight excluding hydrogens is 220 g/mol. The molecule has 4 N–H and O–H groups in total. The number of aliphatic carboxylic acids is 1. The van der Waals surface area contributed by atoms with Crippen molar-refractivity contribution >= 4 is 11.9 Å². The fourth-order valence-corrected chi connectivity index (χ4v) is 1.48. The van der Waals surface area contributed by atoms with E-state index in [0.717, 1.165) is 5.56 Å². The maximum atomic E-state index is 10.8. The summed E-state index contributed by atoms with van der Waals surface area (Å²) < 4.78 is 0. The topological polar surface area (TPSA) is 92.4 Å². The number of rotatable bonds is 7. The molecule has 0 spiro atoms. The lowest BCUT2D eigenvalue weighted by Gasteiger charge is -2.12. The summed E-state index contributed by atoms with van der Waals surface area (Å²) in [4.78, 5) is 21.5. The zero-order chi connectivity index (χ0) is 12.7. The number of carboxylic acid groups (broad SMARTS) is 1. The van der Waals surface area contributed by atoms with E-state index in [4.69, 9.17) is 10.8 Å². The SMILES string of the molecule is NC(=O)C[C@H](NCCc1ccccc1)C(=O)O. The van der Waals surface area contributed by atoms with Crippen molar-refractivity contribution < 1.29 is 14.7 Å². The molecule has 1 amide bonds. The van der Waals surface area contributed by atoms with Crippen LogP contribution >= 0.6 is 0 Å². The number of benzene rings is 1. The Balaban J connectivity index is 2.37. The molecule has 5 heteroatoms. The van der Waals surface area contributed by atoms with Gasteiger partial charge in [0.25, 0.3) is 0 Å². The second kappa shape index (κ2) is 6.65. The molecule has 0 fully saturated rings. The molecule has 0 radical (unpaired) electrons. The first kappa shape index (κ1) is 13.2. The van der Waals surface area contributed by atoms with Crippen LogP contribution < -0.4 is 11.1 Å². The molecule has 0 bridgehead atoms. The summed E-state index contributed by atoms with van der Waals surface area (Å²) in [6, 6.07) is 8.79. The summed E-state index contributed by atoms with van der Waals surface area (Å²) in [6.07, 6.45) is 0.521. The predicted octanol–water partition coefficient (Wildman–Crippen LogP) is 0.147. The first-order chi connectivity index (χ1) is 8.09. The minimum Gasteiger partial charge on any atom is -0.480 e. The van der Waals surface area contributed by atoms with Crippen molar-refractivity contribution in [2.75, 3.05) is 6.54 Å². The van der Waals surface area contributed by atoms with E-state index in [0.29, 0.717) is 13.0 Å². The van der Waals surface area contributed by atoms with Crippen LogP contribution in [0, 0.1) is 0 Å². The Morgan fingerprint density at radius 1 is 1.29 bits per heavy atom. The molecule has 17 heavy (non-hydrogen) atoms. The van der Waals surface area contributed by atoms with Crippen LogP contribution in [0.25, 0.3) is 0 Å². The largest absolute Gasteiger partial charge is 0.480 e. The molecule has 92 valence electrons. The van der Waals surface area contributed by atoms with Gasteiger partial charge in [-0.3, -0.25) is 9.59 Å². The van der Waals surface area contributed by atoms with E-state index in [1.165, 1.54) is 0 Å². The number of nitrogens with one attached hydrogen (secondary N) is 1. The number of hydrogen-bond donors (Lipinski definition) is 3. The number of carboxylic acids is 1. The van der Waals surface area contributed by atoms with Crippen molar-refractivity contribution in [1.29, 1.82) is 0 Å². The van der Waals surface area contributed by atoms with Gasteiger partial charge in [-0.1, -0.05) is 30.3 Å². The van der Waals surface area contributed by atoms with Crippen molar-refractivity contribution in [2.24, 2.45) is 5.73 Å². The Bertz CT molecular complexity index is 379. The highest BCUT2D eigenvalue weighted by molar-refractivity contribution is 5.83. The van der Waals surface area contributed by atoms with Gasteiger partial charge in [0, 0.05) is 0 Å². The van der Waals surface area contributed by atoms with E-state index in [2.05, 4.69) is 5.32 Å². The van der Waals surface area contributed by atoms with Crippen LogP contribution in [0.15, 0.2) is 30.3 Å². The van der Waals surface area contributed by atoms with Gasteiger partial charge in [-0.2, -0.15) is 0 Å². The molecule has 5 nitrogen and oxygen atoms in total. The van der Waals surface area contributed by atoms with Gasteiger partial charge in [0.2, 0.25) is 5.91 Å². The van der Waals surface area contributed by atoms with Gasteiger partial charge in [-0.15, -0.1) is 0 Å². The molecule has 0 aromatic heterocycles. The van der Waals surface area contributed by atoms with Gasteiger partial charge in [-0.25, -0.2) is 0 Å². The van der Waals surface area contributed by atoms with E-state index in [-0.39, 0.29) is 6.42 Å². The van der Waals surface area contributed by atoms with Crippen LogP contribution in [0.4, 0.5) is 0 Å². The van der Waals surface area contributed by atoms with Crippen LogP contribution in [0.2, 0.25) is 0 Å². The summed E-state index contributed by atoms with van der Waals surface area (Å²) in [5.41, 5.74) is 6.09. The molecule has 0 aliphatic carbocycles. The Morgan fingerprint density at radius 3 is 2.47 bits per heavy atom. The second-order valence-corrected chi connectivity index (χ2v) is 3.75. The Hall–Kier alpha value is -1.88. The van der Waals surface area contributed by atoms with Gasteiger partial charge < -0.3 is 16.2 Å². The first-order valence-electron chi connectivity index (χ1n) is 5.38. The van der Waals surface area contributed by atoms with Gasteiger partial charge in [0.15, 0.2) is 0 Å². The van der Waals surface area contributed by atoms with Crippen molar-refractivity contribution in [3.05, 3.63) is 35.9 Å². The predicted molar refractivity (Wildman–Crippen MR) is 63.4 cm³/mol. The van der Waals surface area contributed by atoms with Crippen LogP contribution in [0.1, 0.15) is 12.0 Å². The average molecular weight is 236 g/mol. The van der Waals surface area contributed by atoms with E-state index < -0.39 is 17.9 Å². The maximum Gasteiger partial charge on any atom is 0.321 e. The molecular formula is C12H16N2O3. The fourth-order valence-electron chi connectivity index (χ4n) is 1.48. The zero-order valence-electron chi connectivity index (χ0n) is 9.43. The molecule has 1 atom stereocenters. The lowest BCUT2D eigenvalue weighted by atomic mass is 10.1. The second-order valence-electron chi connectivity index (χ2n) is 3.75. The average Bonchev–Trinajstić information content (AvgIpc) is 2.28. The van der Waals surface area contributed by atoms with Gasteiger partial charge >= 0.3 is 5.97 Å². The Morgan fingerprint density at radius 2 is 1.94 bits per heavy atom. The molecule has 0 saturated carbocycles. The first-order valence-corrected chi connectivity index (χ1v) is 5.38. The summed E-state index contributed by atoms with van der Waals surface area (Å²) >= 11 is 0. The van der Waals surface area contributed by atoms with Crippen LogP contribution in [-0.2, 0) is 16.0 Å². The van der Waals surface area contributed by atoms with E-state index in [1.807, 2.05) is 30.3 Å². The fraction of sp³-hybridized carbons (Fsp3) is 0.333. The van der Waals surface area contributed by atoms with Crippen molar-refractivity contribution in [3.8, 4) is 0 Å². The number of hydrogen-bond acceptors (Lipinski definition) is 3. The number of nitrogens with two attached hydrogens (primary N) is 1. The normalized spacial score (nSPS) is 12.0. The number of amides is 1. The van der Waals surface area contributed by atoms with Crippen LogP contribution in [0.5, 0.6) is 0 Å². The summed E-state index contributed by atoms with van der Waals surface area (Å²) in [5, 5.41) is 11.6. The molecule has 0 aliphatic heterocycles. The summed E-state index contributed by atoms with van der Waals surface area (Å²) in [5.74, 6) is -1.68. The highest BCUT2D eigenvalue weighted by Crippen LogP contribution is 1.99. The number of carbonyl (C=O) groups excluding carboxylic acids is 1.